The van der Waals surface area contributed by atoms with Crippen LogP contribution in [0.15, 0.2) is 0 Å². The molecule has 98 valence electrons. The SMILES string of the molecule is CNC(=O)CCC(=O)[C@H](C)NC(=O)C(C)(C)C. The molecular weight excluding hydrogens is 220 g/mol. The number of Topliss-reactive ketones (excluding diaryl/α,β-unsaturated/α-hetero) is 1. The van der Waals surface area contributed by atoms with Gasteiger partial charge in [0.15, 0.2) is 5.78 Å². The van der Waals surface area contributed by atoms with Crippen molar-refractivity contribution in [2.24, 2.45) is 5.41 Å². The Hall–Kier alpha value is -1.39. The quantitative estimate of drug-likeness (QED) is 0.742. The number of hydrogen-bond donors (Lipinski definition) is 2. The van der Waals surface area contributed by atoms with Crippen molar-refractivity contribution < 1.29 is 14.4 Å². The monoisotopic (exact) mass is 242 g/mol. The molecule has 0 bridgehead atoms. The van der Waals surface area contributed by atoms with E-state index in [2.05, 4.69) is 10.6 Å². The summed E-state index contributed by atoms with van der Waals surface area (Å²) in [6.07, 6.45) is 0.302. The topological polar surface area (TPSA) is 75.3 Å². The second kappa shape index (κ2) is 6.37. The number of carbonyl (C=O) groups is 3. The maximum absolute atomic E-state index is 11.6. The molecule has 0 rings (SSSR count). The van der Waals surface area contributed by atoms with Crippen LogP contribution in [0, 0.1) is 5.41 Å². The molecule has 0 aliphatic heterocycles. The molecule has 0 unspecified atom stereocenters. The van der Waals surface area contributed by atoms with Gasteiger partial charge >= 0.3 is 0 Å². The highest BCUT2D eigenvalue weighted by Crippen LogP contribution is 2.13. The lowest BCUT2D eigenvalue weighted by molar-refractivity contribution is -0.132. The first kappa shape index (κ1) is 15.6. The highest BCUT2D eigenvalue weighted by molar-refractivity contribution is 5.92. The minimum absolute atomic E-state index is 0.133. The lowest BCUT2D eigenvalue weighted by atomic mass is 9.95. The van der Waals surface area contributed by atoms with Crippen LogP contribution in [0.4, 0.5) is 0 Å². The highest BCUT2D eigenvalue weighted by Gasteiger charge is 2.24. The van der Waals surface area contributed by atoms with Gasteiger partial charge in [-0.2, -0.15) is 0 Å². The molecule has 17 heavy (non-hydrogen) atoms. The predicted octanol–water partition coefficient (Wildman–Crippen LogP) is 0.632. The van der Waals surface area contributed by atoms with Gasteiger partial charge in [0, 0.05) is 25.3 Å². The average Bonchev–Trinajstić information content (AvgIpc) is 2.23. The van der Waals surface area contributed by atoms with Crippen molar-refractivity contribution in [3.8, 4) is 0 Å². The predicted molar refractivity (Wildman–Crippen MR) is 65.4 cm³/mol. The number of ketones is 1. The minimum atomic E-state index is -0.550. The average molecular weight is 242 g/mol. The van der Waals surface area contributed by atoms with Gasteiger partial charge in [0.2, 0.25) is 11.8 Å². The number of nitrogens with one attached hydrogen (secondary N) is 2. The van der Waals surface area contributed by atoms with Crippen LogP contribution >= 0.6 is 0 Å². The van der Waals surface area contributed by atoms with Gasteiger partial charge in [0.1, 0.15) is 0 Å². The number of rotatable bonds is 5. The summed E-state index contributed by atoms with van der Waals surface area (Å²) in [4.78, 5) is 34.2. The van der Waals surface area contributed by atoms with Gasteiger partial charge in [-0.15, -0.1) is 0 Å². The summed E-state index contributed by atoms with van der Waals surface area (Å²) in [6.45, 7) is 6.98. The molecule has 0 radical (unpaired) electrons. The van der Waals surface area contributed by atoms with Gasteiger partial charge in [-0.3, -0.25) is 14.4 Å². The fourth-order valence-corrected chi connectivity index (χ4v) is 1.07. The van der Waals surface area contributed by atoms with Crippen molar-refractivity contribution in [2.75, 3.05) is 7.05 Å². The Bertz CT molecular complexity index is 305. The third-order valence-electron chi connectivity index (χ3n) is 2.39. The van der Waals surface area contributed by atoms with Crippen molar-refractivity contribution in [1.29, 1.82) is 0 Å². The molecule has 5 heteroatoms. The number of hydrogen-bond acceptors (Lipinski definition) is 3. The minimum Gasteiger partial charge on any atom is -0.359 e. The van der Waals surface area contributed by atoms with Crippen molar-refractivity contribution >= 4 is 17.6 Å². The van der Waals surface area contributed by atoms with Gasteiger partial charge in [0.25, 0.3) is 0 Å². The molecule has 0 fully saturated rings. The maximum Gasteiger partial charge on any atom is 0.225 e. The van der Waals surface area contributed by atoms with E-state index in [-0.39, 0.29) is 30.4 Å². The van der Waals surface area contributed by atoms with E-state index in [4.69, 9.17) is 0 Å². The zero-order valence-electron chi connectivity index (χ0n) is 11.2. The van der Waals surface area contributed by atoms with Crippen LogP contribution in [-0.4, -0.2) is 30.7 Å². The molecule has 0 saturated carbocycles. The fourth-order valence-electron chi connectivity index (χ4n) is 1.07. The van der Waals surface area contributed by atoms with E-state index in [0.717, 1.165) is 0 Å². The largest absolute Gasteiger partial charge is 0.359 e. The van der Waals surface area contributed by atoms with Gasteiger partial charge in [0.05, 0.1) is 6.04 Å². The molecule has 5 nitrogen and oxygen atoms in total. The summed E-state index contributed by atoms with van der Waals surface area (Å²) >= 11 is 0. The van der Waals surface area contributed by atoms with E-state index < -0.39 is 11.5 Å². The van der Waals surface area contributed by atoms with Gasteiger partial charge in [-0.25, -0.2) is 0 Å². The highest BCUT2D eigenvalue weighted by atomic mass is 16.2. The van der Waals surface area contributed by atoms with E-state index in [1.807, 2.05) is 0 Å². The Balaban J connectivity index is 4.15. The normalized spacial score (nSPS) is 12.8. The first-order valence-electron chi connectivity index (χ1n) is 5.72. The van der Waals surface area contributed by atoms with Crippen LogP contribution in [0.25, 0.3) is 0 Å². The summed E-state index contributed by atoms with van der Waals surface area (Å²) in [6, 6.07) is -0.550. The molecule has 0 saturated heterocycles. The van der Waals surface area contributed by atoms with Crippen LogP contribution in [0.1, 0.15) is 40.5 Å². The third-order valence-corrected chi connectivity index (χ3v) is 2.39. The van der Waals surface area contributed by atoms with E-state index >= 15 is 0 Å². The van der Waals surface area contributed by atoms with Crippen LogP contribution < -0.4 is 10.6 Å². The molecule has 2 N–H and O–H groups in total. The van der Waals surface area contributed by atoms with E-state index in [9.17, 15) is 14.4 Å². The smallest absolute Gasteiger partial charge is 0.225 e. The maximum atomic E-state index is 11.6. The molecule has 0 heterocycles. The molecular formula is C12H22N2O3. The second-order valence-corrected chi connectivity index (χ2v) is 5.08. The van der Waals surface area contributed by atoms with Crippen molar-refractivity contribution in [2.45, 2.75) is 46.6 Å². The van der Waals surface area contributed by atoms with E-state index in [0.29, 0.717) is 0 Å². The van der Waals surface area contributed by atoms with Crippen molar-refractivity contribution in [3.63, 3.8) is 0 Å². The Labute approximate surface area is 102 Å². The zero-order chi connectivity index (χ0) is 13.6. The summed E-state index contributed by atoms with van der Waals surface area (Å²) < 4.78 is 0. The van der Waals surface area contributed by atoms with Crippen molar-refractivity contribution in [3.05, 3.63) is 0 Å². The Morgan fingerprint density at radius 1 is 1.12 bits per heavy atom. The Kier molecular flexibility index (Phi) is 5.85. The van der Waals surface area contributed by atoms with Gasteiger partial charge < -0.3 is 10.6 Å². The standard InChI is InChI=1S/C12H22N2O3/c1-8(14-11(17)12(2,3)4)9(15)6-7-10(16)13-5/h8H,6-7H2,1-5H3,(H,13,16)(H,14,17)/t8-/m0/s1. The van der Waals surface area contributed by atoms with Gasteiger partial charge in [-0.05, 0) is 6.92 Å². The summed E-state index contributed by atoms with van der Waals surface area (Å²) in [5.74, 6) is -0.475. The number of carbonyl (C=O) groups excluding carboxylic acids is 3. The number of amides is 2. The lowest BCUT2D eigenvalue weighted by Crippen LogP contribution is -2.44. The molecule has 2 amide bonds. The first-order valence-corrected chi connectivity index (χ1v) is 5.72. The lowest BCUT2D eigenvalue weighted by Gasteiger charge is -2.21. The third kappa shape index (κ3) is 6.04. The van der Waals surface area contributed by atoms with E-state index in [1.54, 1.807) is 27.7 Å². The molecule has 0 aliphatic carbocycles. The van der Waals surface area contributed by atoms with Crippen LogP contribution in [0.5, 0.6) is 0 Å². The fraction of sp³-hybridized carbons (Fsp3) is 0.750. The summed E-state index contributed by atoms with van der Waals surface area (Å²) in [5.41, 5.74) is -0.519. The molecule has 0 aromatic heterocycles. The molecule has 0 spiro atoms. The summed E-state index contributed by atoms with van der Waals surface area (Å²) in [7, 11) is 1.53. The van der Waals surface area contributed by atoms with E-state index in [1.165, 1.54) is 7.05 Å². The van der Waals surface area contributed by atoms with Gasteiger partial charge in [-0.1, -0.05) is 20.8 Å². The van der Waals surface area contributed by atoms with Crippen molar-refractivity contribution in [1.82, 2.24) is 10.6 Å². The zero-order valence-corrected chi connectivity index (χ0v) is 11.2. The Morgan fingerprint density at radius 2 is 1.65 bits per heavy atom. The molecule has 0 aliphatic rings. The van der Waals surface area contributed by atoms with Crippen LogP contribution in [-0.2, 0) is 14.4 Å². The first-order chi connectivity index (χ1) is 7.68. The molecule has 1 atom stereocenters. The second-order valence-electron chi connectivity index (χ2n) is 5.08. The van der Waals surface area contributed by atoms with Crippen LogP contribution in [0.2, 0.25) is 0 Å². The van der Waals surface area contributed by atoms with Crippen LogP contribution in [0.3, 0.4) is 0 Å². The summed E-state index contributed by atoms with van der Waals surface area (Å²) in [5, 5.41) is 5.09. The Morgan fingerprint density at radius 3 is 2.06 bits per heavy atom. The molecule has 0 aromatic carbocycles. The molecule has 0 aromatic rings.